The first-order valence-electron chi connectivity index (χ1n) is 6.38. The van der Waals surface area contributed by atoms with Gasteiger partial charge in [-0.05, 0) is 42.0 Å². The third-order valence-corrected chi connectivity index (χ3v) is 7.06. The number of halogens is 1. The highest BCUT2D eigenvalue weighted by Crippen LogP contribution is 2.41. The van der Waals surface area contributed by atoms with E-state index >= 15 is 0 Å². The van der Waals surface area contributed by atoms with E-state index in [9.17, 15) is 8.42 Å². The van der Waals surface area contributed by atoms with Crippen LogP contribution in [0.1, 0.15) is 10.9 Å². The molecular weight excluding hydrogens is 372 g/mol. The van der Waals surface area contributed by atoms with Crippen LogP contribution in [0.3, 0.4) is 0 Å². The maximum absolute atomic E-state index is 12.8. The Labute approximate surface area is 136 Å². The summed E-state index contributed by atoms with van der Waals surface area (Å²) >= 11 is 4.96. The summed E-state index contributed by atoms with van der Waals surface area (Å²) in [5, 5.41) is -0.179. The number of benzene rings is 1. The second-order valence-electron chi connectivity index (χ2n) is 4.57. The van der Waals surface area contributed by atoms with Crippen LogP contribution in [0, 0.1) is 0 Å². The van der Waals surface area contributed by atoms with Gasteiger partial charge in [-0.2, -0.15) is 4.31 Å². The largest absolute Gasteiger partial charge is 0.265 e. The third kappa shape index (κ3) is 3.01. The van der Waals surface area contributed by atoms with Crippen LogP contribution < -0.4 is 0 Å². The fourth-order valence-corrected chi connectivity index (χ4v) is 5.74. The van der Waals surface area contributed by atoms with E-state index in [1.54, 1.807) is 52.7 Å². The first kappa shape index (κ1) is 15.0. The molecule has 110 valence electrons. The second kappa shape index (κ2) is 6.08. The molecule has 0 saturated carbocycles. The fraction of sp³-hybridized carbons (Fsp3) is 0.214. The number of aromatic nitrogens is 1. The van der Waals surface area contributed by atoms with Crippen molar-refractivity contribution in [2.45, 2.75) is 10.3 Å². The van der Waals surface area contributed by atoms with Crippen molar-refractivity contribution >= 4 is 37.7 Å². The van der Waals surface area contributed by atoms with Gasteiger partial charge in [0.15, 0.2) is 0 Å². The molecule has 0 bridgehead atoms. The molecular formula is C14H13BrN2O2S2. The third-order valence-electron chi connectivity index (χ3n) is 3.26. The van der Waals surface area contributed by atoms with Crippen molar-refractivity contribution in [1.29, 1.82) is 0 Å². The van der Waals surface area contributed by atoms with Crippen molar-refractivity contribution in [2.75, 3.05) is 12.3 Å². The van der Waals surface area contributed by atoms with Crippen molar-refractivity contribution in [3.8, 4) is 0 Å². The Hall–Kier alpha value is -0.890. The number of pyridine rings is 1. The minimum atomic E-state index is -3.48. The van der Waals surface area contributed by atoms with Gasteiger partial charge in [-0.15, -0.1) is 11.8 Å². The number of hydrogen-bond acceptors (Lipinski definition) is 4. The molecule has 0 radical (unpaired) electrons. The summed E-state index contributed by atoms with van der Waals surface area (Å²) in [6.45, 7) is 0.524. The summed E-state index contributed by atoms with van der Waals surface area (Å²) in [4.78, 5) is 4.32. The van der Waals surface area contributed by atoms with Crippen LogP contribution in [0.2, 0.25) is 0 Å². The first-order chi connectivity index (χ1) is 10.1. The first-order valence-corrected chi connectivity index (χ1v) is 9.66. The monoisotopic (exact) mass is 384 g/mol. The Morgan fingerprint density at radius 3 is 2.48 bits per heavy atom. The van der Waals surface area contributed by atoms with Gasteiger partial charge in [-0.25, -0.2) is 8.42 Å². The lowest BCUT2D eigenvalue weighted by Gasteiger charge is -2.23. The molecule has 1 aromatic carbocycles. The predicted octanol–water partition coefficient (Wildman–Crippen LogP) is 3.28. The lowest BCUT2D eigenvalue weighted by atomic mass is 10.3. The Kier molecular flexibility index (Phi) is 4.35. The summed E-state index contributed by atoms with van der Waals surface area (Å²) in [5.74, 6) is 0.794. The second-order valence-corrected chi connectivity index (χ2v) is 8.57. The zero-order valence-electron chi connectivity index (χ0n) is 11.0. The van der Waals surface area contributed by atoms with Gasteiger partial charge in [-0.3, -0.25) is 4.98 Å². The molecule has 1 fully saturated rings. The maximum atomic E-state index is 12.8. The van der Waals surface area contributed by atoms with E-state index in [0.717, 1.165) is 15.8 Å². The minimum Gasteiger partial charge on any atom is -0.265 e. The number of rotatable bonds is 3. The molecule has 1 aliphatic heterocycles. The normalized spacial score (nSPS) is 19.8. The molecule has 0 aliphatic carbocycles. The van der Waals surface area contributed by atoms with Crippen molar-refractivity contribution in [3.05, 3.63) is 58.8 Å². The molecule has 2 aromatic rings. The van der Waals surface area contributed by atoms with Gasteiger partial charge in [0.1, 0.15) is 0 Å². The molecule has 0 N–H and O–H groups in total. The molecule has 1 aromatic heterocycles. The van der Waals surface area contributed by atoms with Crippen LogP contribution in [0.15, 0.2) is 58.2 Å². The van der Waals surface area contributed by atoms with Crippen LogP contribution in [-0.4, -0.2) is 30.0 Å². The van der Waals surface area contributed by atoms with Gasteiger partial charge in [0.2, 0.25) is 10.0 Å². The van der Waals surface area contributed by atoms with Crippen LogP contribution >= 0.6 is 27.7 Å². The molecule has 1 atom stereocenters. The summed E-state index contributed by atoms with van der Waals surface area (Å²) in [7, 11) is -3.48. The lowest BCUT2D eigenvalue weighted by molar-refractivity contribution is 0.434. The van der Waals surface area contributed by atoms with E-state index in [0.29, 0.717) is 11.4 Å². The van der Waals surface area contributed by atoms with Crippen molar-refractivity contribution in [3.63, 3.8) is 0 Å². The number of sulfonamides is 1. The lowest BCUT2D eigenvalue weighted by Crippen LogP contribution is -2.30. The van der Waals surface area contributed by atoms with E-state index < -0.39 is 10.0 Å². The van der Waals surface area contributed by atoms with E-state index in [4.69, 9.17) is 0 Å². The molecule has 4 nitrogen and oxygen atoms in total. The molecule has 3 rings (SSSR count). The molecule has 1 aliphatic rings. The van der Waals surface area contributed by atoms with E-state index in [-0.39, 0.29) is 5.37 Å². The quantitative estimate of drug-likeness (QED) is 0.814. The standard InChI is InChI=1S/C14H13BrN2O2S2/c15-12-1-3-13(4-2-12)21(18,19)17-9-10-20-14(17)11-5-7-16-8-6-11/h1-8,14H,9-10H2. The van der Waals surface area contributed by atoms with Gasteiger partial charge in [0, 0.05) is 29.2 Å². The number of nitrogens with zero attached hydrogens (tertiary/aromatic N) is 2. The van der Waals surface area contributed by atoms with Crippen molar-refractivity contribution < 1.29 is 8.42 Å². The Morgan fingerprint density at radius 1 is 1.14 bits per heavy atom. The van der Waals surface area contributed by atoms with Gasteiger partial charge in [0.05, 0.1) is 10.3 Å². The molecule has 1 unspecified atom stereocenters. The highest BCUT2D eigenvalue weighted by atomic mass is 79.9. The minimum absolute atomic E-state index is 0.179. The van der Waals surface area contributed by atoms with Crippen LogP contribution in [0.25, 0.3) is 0 Å². The van der Waals surface area contributed by atoms with E-state index in [1.165, 1.54) is 0 Å². The fourth-order valence-electron chi connectivity index (χ4n) is 2.23. The molecule has 21 heavy (non-hydrogen) atoms. The molecule has 0 amide bonds. The van der Waals surface area contributed by atoms with Gasteiger partial charge in [-0.1, -0.05) is 15.9 Å². The maximum Gasteiger partial charge on any atom is 0.244 e. The topological polar surface area (TPSA) is 50.3 Å². The average molecular weight is 385 g/mol. The summed E-state index contributed by atoms with van der Waals surface area (Å²) < 4.78 is 28.1. The van der Waals surface area contributed by atoms with Crippen LogP contribution in [-0.2, 0) is 10.0 Å². The molecule has 2 heterocycles. The zero-order valence-corrected chi connectivity index (χ0v) is 14.2. The zero-order chi connectivity index (χ0) is 14.9. The summed E-state index contributed by atoms with van der Waals surface area (Å²) in [6, 6.07) is 10.5. The number of hydrogen-bond donors (Lipinski definition) is 0. The SMILES string of the molecule is O=S(=O)(c1ccc(Br)cc1)N1CCSC1c1ccncc1. The smallest absolute Gasteiger partial charge is 0.244 e. The Morgan fingerprint density at radius 2 is 1.81 bits per heavy atom. The Balaban J connectivity index is 1.96. The molecule has 1 saturated heterocycles. The van der Waals surface area contributed by atoms with Crippen molar-refractivity contribution in [2.24, 2.45) is 0 Å². The average Bonchev–Trinajstić information content (AvgIpc) is 2.99. The predicted molar refractivity (Wildman–Crippen MR) is 87.5 cm³/mol. The summed E-state index contributed by atoms with van der Waals surface area (Å²) in [5.41, 5.74) is 0.966. The highest BCUT2D eigenvalue weighted by Gasteiger charge is 2.36. The molecule has 0 spiro atoms. The van der Waals surface area contributed by atoms with Crippen LogP contribution in [0.5, 0.6) is 0 Å². The number of thioether (sulfide) groups is 1. The van der Waals surface area contributed by atoms with Gasteiger partial charge >= 0.3 is 0 Å². The van der Waals surface area contributed by atoms with E-state index in [1.807, 2.05) is 12.1 Å². The van der Waals surface area contributed by atoms with Gasteiger partial charge in [0.25, 0.3) is 0 Å². The van der Waals surface area contributed by atoms with Gasteiger partial charge < -0.3 is 0 Å². The van der Waals surface area contributed by atoms with Crippen LogP contribution in [0.4, 0.5) is 0 Å². The Bertz CT molecular complexity index is 720. The van der Waals surface area contributed by atoms with E-state index in [2.05, 4.69) is 20.9 Å². The van der Waals surface area contributed by atoms with Crippen molar-refractivity contribution in [1.82, 2.24) is 9.29 Å². The molecule has 7 heteroatoms. The summed E-state index contributed by atoms with van der Waals surface area (Å²) in [6.07, 6.45) is 3.39. The highest BCUT2D eigenvalue weighted by molar-refractivity contribution is 9.10.